The van der Waals surface area contributed by atoms with Gasteiger partial charge in [0.15, 0.2) is 5.58 Å². The van der Waals surface area contributed by atoms with Gasteiger partial charge in [-0.3, -0.25) is 0 Å². The van der Waals surface area contributed by atoms with Crippen LogP contribution in [0.25, 0.3) is 66.7 Å². The normalized spacial score (nSPS) is 11.4. The predicted octanol–water partition coefficient (Wildman–Crippen LogP) is 12.2. The minimum atomic E-state index is 0.569. The third kappa shape index (κ3) is 4.66. The van der Waals surface area contributed by atoms with Gasteiger partial charge in [0, 0.05) is 28.4 Å². The molecule has 0 N–H and O–H groups in total. The molecule has 0 aliphatic carbocycles. The lowest BCUT2D eigenvalue weighted by molar-refractivity contribution is 0.620. The molecule has 0 aliphatic heterocycles. The van der Waals surface area contributed by atoms with Crippen molar-refractivity contribution in [3.8, 4) is 33.7 Å². The molecule has 222 valence electrons. The summed E-state index contributed by atoms with van der Waals surface area (Å²) in [7, 11) is 0. The highest BCUT2D eigenvalue weighted by atomic mass is 16.4. The van der Waals surface area contributed by atoms with Crippen LogP contribution < -0.4 is 4.90 Å². The zero-order valence-electron chi connectivity index (χ0n) is 25.4. The number of nitrogens with zero attached hydrogens (tertiary/aromatic N) is 2. The van der Waals surface area contributed by atoms with E-state index in [0.29, 0.717) is 11.5 Å². The van der Waals surface area contributed by atoms with Gasteiger partial charge in [0.25, 0.3) is 0 Å². The summed E-state index contributed by atoms with van der Waals surface area (Å²) >= 11 is 0. The molecule has 0 fully saturated rings. The van der Waals surface area contributed by atoms with Crippen LogP contribution in [0.4, 0.5) is 17.1 Å². The van der Waals surface area contributed by atoms with Gasteiger partial charge >= 0.3 is 0 Å². The first-order valence-electron chi connectivity index (χ1n) is 15.7. The maximum absolute atomic E-state index is 6.70. The van der Waals surface area contributed by atoms with Crippen molar-refractivity contribution < 1.29 is 8.83 Å². The second-order valence-electron chi connectivity index (χ2n) is 11.6. The van der Waals surface area contributed by atoms with Crippen molar-refractivity contribution in [2.75, 3.05) is 4.90 Å². The van der Waals surface area contributed by atoms with Crippen LogP contribution in [0.1, 0.15) is 0 Å². The van der Waals surface area contributed by atoms with E-state index in [-0.39, 0.29) is 0 Å². The SMILES string of the molecule is c1ccc(-c2nc3cc4oc5ccccc5c4c(N(c4ccccc4)c4ccc(-c5ccccc5-c5ccccc5)cc4)c3o2)cc1. The molecule has 4 heteroatoms. The number of furan rings is 1. The zero-order chi connectivity index (χ0) is 31.2. The molecular weight excluding hydrogens is 576 g/mol. The second-order valence-corrected chi connectivity index (χ2v) is 11.6. The van der Waals surface area contributed by atoms with E-state index in [1.165, 1.54) is 16.7 Å². The van der Waals surface area contributed by atoms with Crippen molar-refractivity contribution in [1.29, 1.82) is 0 Å². The number of aromatic nitrogens is 1. The molecule has 0 saturated heterocycles. The molecule has 0 unspecified atom stereocenters. The summed E-state index contributed by atoms with van der Waals surface area (Å²) in [6, 6.07) is 58.5. The van der Waals surface area contributed by atoms with E-state index in [9.17, 15) is 0 Å². The van der Waals surface area contributed by atoms with E-state index in [1.54, 1.807) is 0 Å². The molecule has 2 aromatic heterocycles. The van der Waals surface area contributed by atoms with Crippen molar-refractivity contribution in [1.82, 2.24) is 4.98 Å². The summed E-state index contributed by atoms with van der Waals surface area (Å²) < 4.78 is 13.2. The number of anilines is 3. The Morgan fingerprint density at radius 3 is 1.70 bits per heavy atom. The molecule has 0 spiro atoms. The van der Waals surface area contributed by atoms with Crippen molar-refractivity contribution in [3.05, 3.63) is 170 Å². The number of para-hydroxylation sites is 2. The largest absolute Gasteiger partial charge is 0.456 e. The van der Waals surface area contributed by atoms with Gasteiger partial charge in [-0.25, -0.2) is 4.98 Å². The van der Waals surface area contributed by atoms with E-state index in [4.69, 9.17) is 13.8 Å². The Balaban J connectivity index is 1.28. The van der Waals surface area contributed by atoms with Gasteiger partial charge in [-0.1, -0.05) is 121 Å². The van der Waals surface area contributed by atoms with Crippen molar-refractivity contribution in [2.24, 2.45) is 0 Å². The first-order valence-corrected chi connectivity index (χ1v) is 15.7. The fourth-order valence-corrected chi connectivity index (χ4v) is 6.54. The van der Waals surface area contributed by atoms with Gasteiger partial charge in [-0.15, -0.1) is 0 Å². The smallest absolute Gasteiger partial charge is 0.227 e. The third-order valence-electron chi connectivity index (χ3n) is 8.70. The van der Waals surface area contributed by atoms with E-state index in [2.05, 4.69) is 114 Å². The molecule has 0 amide bonds. The molecule has 0 bridgehead atoms. The molecule has 0 radical (unpaired) electrons. The number of hydrogen-bond donors (Lipinski definition) is 0. The minimum absolute atomic E-state index is 0.569. The number of oxazole rings is 1. The van der Waals surface area contributed by atoms with Crippen LogP contribution in [-0.2, 0) is 0 Å². The lowest BCUT2D eigenvalue weighted by Crippen LogP contribution is -2.10. The van der Waals surface area contributed by atoms with Crippen molar-refractivity contribution in [3.63, 3.8) is 0 Å². The van der Waals surface area contributed by atoms with Gasteiger partial charge in [0.05, 0.1) is 5.39 Å². The molecular formula is C43H28N2O2. The third-order valence-corrected chi connectivity index (χ3v) is 8.70. The van der Waals surface area contributed by atoms with Gasteiger partial charge in [0.2, 0.25) is 5.89 Å². The Hall–Kier alpha value is -6.39. The van der Waals surface area contributed by atoms with Crippen LogP contribution >= 0.6 is 0 Å². The van der Waals surface area contributed by atoms with Crippen LogP contribution in [0.3, 0.4) is 0 Å². The molecule has 7 aromatic carbocycles. The number of fused-ring (bicyclic) bond motifs is 4. The van der Waals surface area contributed by atoms with E-state index in [0.717, 1.165) is 55.6 Å². The van der Waals surface area contributed by atoms with Crippen LogP contribution in [-0.4, -0.2) is 4.98 Å². The maximum atomic E-state index is 6.70. The lowest BCUT2D eigenvalue weighted by atomic mass is 9.94. The van der Waals surface area contributed by atoms with Crippen LogP contribution in [0, 0.1) is 0 Å². The summed E-state index contributed by atoms with van der Waals surface area (Å²) in [6.07, 6.45) is 0. The molecule has 9 aromatic rings. The molecule has 9 rings (SSSR count). The number of benzene rings is 7. The maximum Gasteiger partial charge on any atom is 0.227 e. The fraction of sp³-hybridized carbons (Fsp3) is 0. The Bertz CT molecular complexity index is 2500. The Labute approximate surface area is 271 Å². The fourth-order valence-electron chi connectivity index (χ4n) is 6.54. The Morgan fingerprint density at radius 1 is 0.447 bits per heavy atom. The topological polar surface area (TPSA) is 42.4 Å². The standard InChI is InChI=1S/C43H28N2O2/c1-4-14-29(15-5-1)34-20-10-11-21-35(34)30-24-26-33(27-25-30)45(32-18-8-3-9-19-32)41-40-36-22-12-13-23-38(36)46-39(40)28-37-42(41)47-43(44-37)31-16-6-2-7-17-31/h1-28H. The van der Waals surface area contributed by atoms with Gasteiger partial charge in [-0.2, -0.15) is 0 Å². The Kier molecular flexibility index (Phi) is 6.43. The summed E-state index contributed by atoms with van der Waals surface area (Å²) in [5, 5.41) is 2.00. The number of hydrogen-bond acceptors (Lipinski definition) is 4. The van der Waals surface area contributed by atoms with Crippen LogP contribution in [0.2, 0.25) is 0 Å². The van der Waals surface area contributed by atoms with E-state index < -0.39 is 0 Å². The summed E-state index contributed by atoms with van der Waals surface area (Å²) in [5.74, 6) is 0.569. The second kappa shape index (κ2) is 11.2. The highest BCUT2D eigenvalue weighted by molar-refractivity contribution is 6.20. The first-order chi connectivity index (χ1) is 23.3. The van der Waals surface area contributed by atoms with E-state index in [1.807, 2.05) is 60.7 Å². The highest BCUT2D eigenvalue weighted by Crippen LogP contribution is 2.48. The number of rotatable bonds is 6. The highest BCUT2D eigenvalue weighted by Gasteiger charge is 2.26. The van der Waals surface area contributed by atoms with Crippen LogP contribution in [0.5, 0.6) is 0 Å². The quantitative estimate of drug-likeness (QED) is 0.189. The van der Waals surface area contributed by atoms with Gasteiger partial charge in [0.1, 0.15) is 22.4 Å². The summed E-state index contributed by atoms with van der Waals surface area (Å²) in [4.78, 5) is 7.24. The monoisotopic (exact) mass is 604 g/mol. The predicted molar refractivity (Wildman–Crippen MR) is 192 cm³/mol. The van der Waals surface area contributed by atoms with Crippen molar-refractivity contribution in [2.45, 2.75) is 0 Å². The summed E-state index contributed by atoms with van der Waals surface area (Å²) in [5.41, 5.74) is 11.5. The minimum Gasteiger partial charge on any atom is -0.456 e. The average Bonchev–Trinajstić information content (AvgIpc) is 3.74. The van der Waals surface area contributed by atoms with Gasteiger partial charge < -0.3 is 13.7 Å². The lowest BCUT2D eigenvalue weighted by Gasteiger charge is -2.26. The van der Waals surface area contributed by atoms with Gasteiger partial charge in [-0.05, 0) is 64.7 Å². The molecule has 0 saturated carbocycles. The summed E-state index contributed by atoms with van der Waals surface area (Å²) in [6.45, 7) is 0. The first kappa shape index (κ1) is 27.0. The molecule has 2 heterocycles. The van der Waals surface area contributed by atoms with Crippen molar-refractivity contribution >= 4 is 50.1 Å². The molecule has 0 atom stereocenters. The van der Waals surface area contributed by atoms with Crippen LogP contribution in [0.15, 0.2) is 179 Å². The molecule has 47 heavy (non-hydrogen) atoms. The zero-order valence-corrected chi connectivity index (χ0v) is 25.4. The van der Waals surface area contributed by atoms with E-state index >= 15 is 0 Å². The molecule has 4 nitrogen and oxygen atoms in total. The molecule has 0 aliphatic rings. The average molecular weight is 605 g/mol. The Morgan fingerprint density at radius 2 is 1.00 bits per heavy atom.